The van der Waals surface area contributed by atoms with Crippen LogP contribution >= 0.6 is 0 Å². The summed E-state index contributed by atoms with van der Waals surface area (Å²) < 4.78 is 38.4. The summed E-state index contributed by atoms with van der Waals surface area (Å²) in [6.07, 6.45) is -1.86. The number of piperidine rings is 1. The number of amides is 1. The molecule has 2 unspecified atom stereocenters. The summed E-state index contributed by atoms with van der Waals surface area (Å²) in [5, 5.41) is 17.1. The number of carbonyl (C=O) groups is 1. The third-order valence-electron chi connectivity index (χ3n) is 4.64. The molecular formula is C18H20F3N3O2. The molecular weight excluding hydrogens is 347 g/mol. The highest BCUT2D eigenvalue weighted by molar-refractivity contribution is 5.81. The van der Waals surface area contributed by atoms with Gasteiger partial charge in [-0.25, -0.2) is 0 Å². The van der Waals surface area contributed by atoms with Crippen LogP contribution in [-0.2, 0) is 17.4 Å². The molecule has 3 rings (SSSR count). The zero-order valence-corrected chi connectivity index (χ0v) is 14.0. The van der Waals surface area contributed by atoms with E-state index in [4.69, 9.17) is 0 Å². The number of nitrogens with one attached hydrogen (secondary N) is 1. The first-order chi connectivity index (χ1) is 12.4. The van der Waals surface area contributed by atoms with E-state index >= 15 is 0 Å². The number of alkyl halides is 3. The number of aromatic amines is 1. The van der Waals surface area contributed by atoms with Gasteiger partial charge in [-0.3, -0.25) is 9.89 Å². The van der Waals surface area contributed by atoms with E-state index in [1.54, 1.807) is 17.2 Å². The summed E-state index contributed by atoms with van der Waals surface area (Å²) in [6.45, 7) is 0.502. The molecule has 0 radical (unpaired) electrons. The predicted molar refractivity (Wildman–Crippen MR) is 88.0 cm³/mol. The van der Waals surface area contributed by atoms with E-state index < -0.39 is 23.8 Å². The molecule has 1 aromatic heterocycles. The number of halogens is 3. The molecule has 1 aliphatic rings. The minimum Gasteiger partial charge on any atom is -0.383 e. The number of aliphatic hydroxyl groups excluding tert-OH is 1. The molecule has 1 amide bonds. The van der Waals surface area contributed by atoms with E-state index in [2.05, 4.69) is 10.2 Å². The van der Waals surface area contributed by atoms with Crippen molar-refractivity contribution in [3.8, 4) is 0 Å². The van der Waals surface area contributed by atoms with Crippen molar-refractivity contribution in [1.82, 2.24) is 15.1 Å². The van der Waals surface area contributed by atoms with Crippen molar-refractivity contribution < 1.29 is 23.1 Å². The maximum absolute atomic E-state index is 12.8. The predicted octanol–water partition coefficient (Wildman–Crippen LogP) is 3.09. The van der Waals surface area contributed by atoms with E-state index in [-0.39, 0.29) is 18.0 Å². The molecule has 8 heteroatoms. The van der Waals surface area contributed by atoms with Crippen LogP contribution in [0.2, 0.25) is 0 Å². The molecule has 5 nitrogen and oxygen atoms in total. The second-order valence-corrected chi connectivity index (χ2v) is 6.47. The van der Waals surface area contributed by atoms with E-state index in [0.717, 1.165) is 37.1 Å². The largest absolute Gasteiger partial charge is 0.416 e. The quantitative estimate of drug-likeness (QED) is 0.873. The van der Waals surface area contributed by atoms with Gasteiger partial charge in [0, 0.05) is 19.2 Å². The van der Waals surface area contributed by atoms with Crippen molar-refractivity contribution in [1.29, 1.82) is 0 Å². The molecule has 2 N–H and O–H groups in total. The van der Waals surface area contributed by atoms with Gasteiger partial charge in [0.1, 0.15) is 6.10 Å². The van der Waals surface area contributed by atoms with Crippen molar-refractivity contribution >= 4 is 5.91 Å². The minimum absolute atomic E-state index is 0.158. The highest BCUT2D eigenvalue weighted by Crippen LogP contribution is 2.31. The lowest BCUT2D eigenvalue weighted by atomic mass is 9.97. The standard InChI is InChI=1S/C18H20F3N3O2/c19-18(20,21)13-5-3-4-12(10-13)11-16(25)17(26)24-9-2-1-6-15(24)14-7-8-22-23-14/h3-5,7-8,10,15-16,25H,1-2,6,9,11H2,(H,22,23). The molecule has 26 heavy (non-hydrogen) atoms. The van der Waals surface area contributed by atoms with Gasteiger partial charge in [-0.2, -0.15) is 18.3 Å². The van der Waals surface area contributed by atoms with Gasteiger partial charge in [0.05, 0.1) is 17.3 Å². The number of H-pyrrole nitrogens is 1. The van der Waals surface area contributed by atoms with Crippen molar-refractivity contribution in [3.05, 3.63) is 53.3 Å². The van der Waals surface area contributed by atoms with Crippen LogP contribution in [-0.4, -0.2) is 38.8 Å². The highest BCUT2D eigenvalue weighted by atomic mass is 19.4. The van der Waals surface area contributed by atoms with Crippen molar-refractivity contribution in [2.45, 2.75) is 44.0 Å². The topological polar surface area (TPSA) is 69.2 Å². The Morgan fingerprint density at radius 2 is 2.15 bits per heavy atom. The summed E-state index contributed by atoms with van der Waals surface area (Å²) >= 11 is 0. The Kier molecular flexibility index (Phi) is 5.31. The maximum Gasteiger partial charge on any atom is 0.416 e. The average Bonchev–Trinajstić information content (AvgIpc) is 3.15. The van der Waals surface area contributed by atoms with Crippen molar-refractivity contribution in [2.24, 2.45) is 0 Å². The molecule has 0 bridgehead atoms. The summed E-state index contributed by atoms with van der Waals surface area (Å²) in [4.78, 5) is 14.3. The van der Waals surface area contributed by atoms with Gasteiger partial charge in [-0.15, -0.1) is 0 Å². The fourth-order valence-electron chi connectivity index (χ4n) is 3.35. The van der Waals surface area contributed by atoms with Gasteiger partial charge >= 0.3 is 6.18 Å². The van der Waals surface area contributed by atoms with Crippen molar-refractivity contribution in [2.75, 3.05) is 6.54 Å². The maximum atomic E-state index is 12.8. The molecule has 2 atom stereocenters. The normalized spacial score (nSPS) is 19.4. The zero-order valence-electron chi connectivity index (χ0n) is 14.0. The monoisotopic (exact) mass is 367 g/mol. The number of rotatable bonds is 4. The lowest BCUT2D eigenvalue weighted by Crippen LogP contribution is -2.44. The summed E-state index contributed by atoms with van der Waals surface area (Å²) in [7, 11) is 0. The molecule has 0 spiro atoms. The number of hydrogen-bond donors (Lipinski definition) is 2. The van der Waals surface area contributed by atoms with Crippen LogP contribution in [0.4, 0.5) is 13.2 Å². The molecule has 140 valence electrons. The van der Waals surface area contributed by atoms with Gasteiger partial charge in [-0.05, 0) is 37.0 Å². The SMILES string of the molecule is O=C(C(O)Cc1cccc(C(F)(F)F)c1)N1CCCCC1c1ccn[nH]1. The van der Waals surface area contributed by atoms with Crippen LogP contribution in [0.1, 0.15) is 42.1 Å². The average molecular weight is 367 g/mol. The fourth-order valence-corrected chi connectivity index (χ4v) is 3.35. The van der Waals surface area contributed by atoms with E-state index in [9.17, 15) is 23.1 Å². The molecule has 2 aromatic rings. The zero-order chi connectivity index (χ0) is 18.7. The number of aromatic nitrogens is 2. The Labute approximate surface area is 148 Å². The third kappa shape index (κ3) is 4.07. The minimum atomic E-state index is -4.45. The second kappa shape index (κ2) is 7.49. The van der Waals surface area contributed by atoms with Crippen LogP contribution in [0.5, 0.6) is 0 Å². The summed E-state index contributed by atoms with van der Waals surface area (Å²) in [6, 6.07) is 6.29. The number of likely N-dealkylation sites (tertiary alicyclic amines) is 1. The molecule has 1 saturated heterocycles. The number of carbonyl (C=O) groups excluding carboxylic acids is 1. The number of nitrogens with zero attached hydrogens (tertiary/aromatic N) is 2. The Bertz CT molecular complexity index is 746. The molecule has 1 fully saturated rings. The molecule has 0 aliphatic carbocycles. The lowest BCUT2D eigenvalue weighted by molar-refractivity contribution is -0.144. The van der Waals surface area contributed by atoms with Crippen LogP contribution in [0.25, 0.3) is 0 Å². The third-order valence-corrected chi connectivity index (χ3v) is 4.64. The highest BCUT2D eigenvalue weighted by Gasteiger charge is 2.33. The number of aliphatic hydroxyl groups is 1. The first kappa shape index (κ1) is 18.4. The smallest absolute Gasteiger partial charge is 0.383 e. The van der Waals surface area contributed by atoms with Crippen LogP contribution in [0.3, 0.4) is 0 Å². The van der Waals surface area contributed by atoms with E-state index in [1.807, 2.05) is 0 Å². The van der Waals surface area contributed by atoms with Crippen molar-refractivity contribution in [3.63, 3.8) is 0 Å². The van der Waals surface area contributed by atoms with Gasteiger partial charge < -0.3 is 10.0 Å². The van der Waals surface area contributed by atoms with Crippen LogP contribution in [0, 0.1) is 0 Å². The number of hydrogen-bond acceptors (Lipinski definition) is 3. The summed E-state index contributed by atoms with van der Waals surface area (Å²) in [5.74, 6) is -0.471. The first-order valence-electron chi connectivity index (χ1n) is 8.50. The van der Waals surface area contributed by atoms with E-state index in [1.165, 1.54) is 12.1 Å². The van der Waals surface area contributed by atoms with Gasteiger partial charge in [-0.1, -0.05) is 18.2 Å². The number of benzene rings is 1. The van der Waals surface area contributed by atoms with Crippen LogP contribution < -0.4 is 0 Å². The van der Waals surface area contributed by atoms with Crippen LogP contribution in [0.15, 0.2) is 36.5 Å². The molecule has 0 saturated carbocycles. The first-order valence-corrected chi connectivity index (χ1v) is 8.50. The Morgan fingerprint density at radius 1 is 1.35 bits per heavy atom. The lowest BCUT2D eigenvalue weighted by Gasteiger charge is -2.36. The van der Waals surface area contributed by atoms with Gasteiger partial charge in [0.15, 0.2) is 0 Å². The van der Waals surface area contributed by atoms with Gasteiger partial charge in [0.2, 0.25) is 0 Å². The molecule has 1 aromatic carbocycles. The fraction of sp³-hybridized carbons (Fsp3) is 0.444. The molecule has 1 aliphatic heterocycles. The Balaban J connectivity index is 1.73. The summed E-state index contributed by atoms with van der Waals surface area (Å²) in [5.41, 5.74) is 0.281. The molecule has 2 heterocycles. The van der Waals surface area contributed by atoms with Gasteiger partial charge in [0.25, 0.3) is 5.91 Å². The van der Waals surface area contributed by atoms with E-state index in [0.29, 0.717) is 6.54 Å². The Morgan fingerprint density at radius 3 is 2.85 bits per heavy atom. The Hall–Kier alpha value is -2.35. The second-order valence-electron chi connectivity index (χ2n) is 6.47.